The third-order valence-corrected chi connectivity index (χ3v) is 5.06. The van der Waals surface area contributed by atoms with Crippen molar-refractivity contribution in [1.82, 2.24) is 20.4 Å². The molecule has 0 amide bonds. The molecular weight excluding hydrogens is 350 g/mol. The maximum atomic E-state index is 11.5. The van der Waals surface area contributed by atoms with E-state index in [1.165, 1.54) is 0 Å². The van der Waals surface area contributed by atoms with Gasteiger partial charge in [-0.2, -0.15) is 5.10 Å². The van der Waals surface area contributed by atoms with Gasteiger partial charge in [0, 0.05) is 47.7 Å². The number of benzene rings is 1. The average Bonchev–Trinajstić information content (AvgIpc) is 3.19. The minimum absolute atomic E-state index is 0.435. The van der Waals surface area contributed by atoms with Crippen molar-refractivity contribution in [1.29, 1.82) is 0 Å². The minimum atomic E-state index is -0.435. The van der Waals surface area contributed by atoms with Crippen LogP contribution in [-0.4, -0.2) is 26.9 Å². The lowest BCUT2D eigenvalue weighted by Crippen LogP contribution is -2.28. The van der Waals surface area contributed by atoms with E-state index in [2.05, 4.69) is 37.6 Å². The zero-order valence-electron chi connectivity index (χ0n) is 15.0. The number of aromatic amines is 1. The molecule has 0 fully saturated rings. The maximum Gasteiger partial charge on any atom is 0.148 e. The van der Waals surface area contributed by atoms with E-state index in [-0.39, 0.29) is 0 Å². The molecule has 0 aliphatic carbocycles. The Morgan fingerprint density at radius 2 is 1.93 bits per heavy atom. The molecule has 5 rings (SSSR count). The second-order valence-electron chi connectivity index (χ2n) is 6.74. The normalized spacial score (nSPS) is 15.6. The summed E-state index contributed by atoms with van der Waals surface area (Å²) >= 11 is 0. The Labute approximate surface area is 161 Å². The van der Waals surface area contributed by atoms with Crippen molar-refractivity contribution in [3.8, 4) is 11.1 Å². The summed E-state index contributed by atoms with van der Waals surface area (Å²) in [5, 5.41) is 5.56. The van der Waals surface area contributed by atoms with Crippen LogP contribution in [0.25, 0.3) is 22.2 Å². The monoisotopic (exact) mass is 367 g/mol. The fourth-order valence-electron chi connectivity index (χ4n) is 3.65. The number of aldehydes is 1. The van der Waals surface area contributed by atoms with E-state index >= 15 is 0 Å². The number of fused-ring (bicyclic) bond motifs is 2. The van der Waals surface area contributed by atoms with Crippen molar-refractivity contribution in [2.75, 3.05) is 0 Å². The second-order valence-corrected chi connectivity index (χ2v) is 6.74. The molecule has 6 nitrogen and oxygen atoms in total. The summed E-state index contributed by atoms with van der Waals surface area (Å²) in [6.07, 6.45) is 8.84. The van der Waals surface area contributed by atoms with E-state index in [9.17, 15) is 4.79 Å². The molecule has 2 N–H and O–H groups in total. The van der Waals surface area contributed by atoms with Crippen LogP contribution >= 0.6 is 0 Å². The topological polar surface area (TPSA) is 83.0 Å². The maximum absolute atomic E-state index is 11.5. The third kappa shape index (κ3) is 2.75. The summed E-state index contributed by atoms with van der Waals surface area (Å²) < 4.78 is 0. The summed E-state index contributed by atoms with van der Waals surface area (Å²) in [6, 6.07) is 13.7. The van der Waals surface area contributed by atoms with Gasteiger partial charge in [0.1, 0.15) is 18.0 Å². The lowest BCUT2D eigenvalue weighted by Gasteiger charge is -2.23. The highest BCUT2D eigenvalue weighted by molar-refractivity contribution is 6.06. The van der Waals surface area contributed by atoms with Crippen molar-refractivity contribution in [2.45, 2.75) is 12.5 Å². The van der Waals surface area contributed by atoms with Gasteiger partial charge in [-0.25, -0.2) is 4.98 Å². The van der Waals surface area contributed by atoms with Crippen LogP contribution in [0.1, 0.15) is 22.7 Å². The SMILES string of the molecule is O=CC1NN=C(Cc2ccncc2)c2cc(-c3c[nH]c4ncccc34)ccc21. The molecule has 4 heterocycles. The Kier molecular flexibility index (Phi) is 3.94. The fraction of sp³-hybridized carbons (Fsp3) is 0.0909. The number of nitrogens with zero attached hydrogens (tertiary/aromatic N) is 3. The number of nitrogens with one attached hydrogen (secondary N) is 2. The smallest absolute Gasteiger partial charge is 0.148 e. The van der Waals surface area contributed by atoms with Crippen molar-refractivity contribution in [3.05, 3.63) is 83.9 Å². The summed E-state index contributed by atoms with van der Waals surface area (Å²) in [5.74, 6) is 0. The Bertz CT molecular complexity index is 1200. The van der Waals surface area contributed by atoms with Gasteiger partial charge in [0.05, 0.1) is 5.71 Å². The fourth-order valence-corrected chi connectivity index (χ4v) is 3.65. The van der Waals surface area contributed by atoms with Gasteiger partial charge < -0.3 is 9.78 Å². The van der Waals surface area contributed by atoms with Crippen molar-refractivity contribution < 1.29 is 4.79 Å². The number of rotatable bonds is 4. The summed E-state index contributed by atoms with van der Waals surface area (Å²) in [7, 11) is 0. The predicted molar refractivity (Wildman–Crippen MR) is 108 cm³/mol. The highest BCUT2D eigenvalue weighted by Gasteiger charge is 2.23. The minimum Gasteiger partial charge on any atom is -0.346 e. The first-order valence-corrected chi connectivity index (χ1v) is 9.06. The van der Waals surface area contributed by atoms with Gasteiger partial charge in [0.2, 0.25) is 0 Å². The number of pyridine rings is 2. The molecule has 1 unspecified atom stereocenters. The van der Waals surface area contributed by atoms with Crippen molar-refractivity contribution in [3.63, 3.8) is 0 Å². The number of hydrazone groups is 1. The highest BCUT2D eigenvalue weighted by Crippen LogP contribution is 2.32. The Balaban J connectivity index is 1.61. The number of hydrogen-bond acceptors (Lipinski definition) is 5. The molecule has 0 saturated carbocycles. The summed E-state index contributed by atoms with van der Waals surface area (Å²) in [5.41, 5.74) is 9.91. The Hall–Kier alpha value is -3.80. The van der Waals surface area contributed by atoms with Gasteiger partial charge in [0.25, 0.3) is 0 Å². The number of hydrogen-bond donors (Lipinski definition) is 2. The first-order chi connectivity index (χ1) is 13.8. The van der Waals surface area contributed by atoms with Gasteiger partial charge in [-0.05, 0) is 47.0 Å². The van der Waals surface area contributed by atoms with Crippen LogP contribution in [0.2, 0.25) is 0 Å². The van der Waals surface area contributed by atoms with Crippen LogP contribution in [-0.2, 0) is 11.2 Å². The quantitative estimate of drug-likeness (QED) is 0.542. The first kappa shape index (κ1) is 16.4. The Morgan fingerprint density at radius 3 is 2.79 bits per heavy atom. The molecule has 0 saturated heterocycles. The zero-order valence-corrected chi connectivity index (χ0v) is 15.0. The number of aromatic nitrogens is 3. The van der Waals surface area contributed by atoms with E-state index in [1.54, 1.807) is 18.6 Å². The summed E-state index contributed by atoms with van der Waals surface area (Å²) in [4.78, 5) is 23.2. The van der Waals surface area contributed by atoms with Crippen LogP contribution in [0, 0.1) is 0 Å². The molecule has 0 bridgehead atoms. The molecule has 4 aromatic rings. The van der Waals surface area contributed by atoms with Crippen LogP contribution in [0.4, 0.5) is 0 Å². The van der Waals surface area contributed by atoms with E-state index in [0.29, 0.717) is 6.42 Å². The zero-order chi connectivity index (χ0) is 18.9. The second kappa shape index (κ2) is 6.74. The lowest BCUT2D eigenvalue weighted by atomic mass is 9.90. The van der Waals surface area contributed by atoms with Crippen molar-refractivity contribution in [2.24, 2.45) is 5.10 Å². The predicted octanol–water partition coefficient (Wildman–Crippen LogP) is 3.41. The van der Waals surface area contributed by atoms with Gasteiger partial charge in [-0.3, -0.25) is 10.4 Å². The van der Waals surface area contributed by atoms with E-state index in [1.807, 2.05) is 36.5 Å². The highest BCUT2D eigenvalue weighted by atomic mass is 16.1. The molecular formula is C22H17N5O. The third-order valence-electron chi connectivity index (χ3n) is 5.06. The van der Waals surface area contributed by atoms with Gasteiger partial charge in [0.15, 0.2) is 0 Å². The average molecular weight is 367 g/mol. The van der Waals surface area contributed by atoms with Crippen LogP contribution in [0.15, 0.2) is 72.4 Å². The molecule has 0 spiro atoms. The molecule has 3 aromatic heterocycles. The van der Waals surface area contributed by atoms with Crippen LogP contribution < -0.4 is 5.43 Å². The lowest BCUT2D eigenvalue weighted by molar-refractivity contribution is -0.109. The van der Waals surface area contributed by atoms with Gasteiger partial charge >= 0.3 is 0 Å². The molecule has 1 aliphatic rings. The molecule has 1 aromatic carbocycles. The van der Waals surface area contributed by atoms with Crippen molar-refractivity contribution >= 4 is 23.0 Å². The van der Waals surface area contributed by atoms with Crippen LogP contribution in [0.5, 0.6) is 0 Å². The van der Waals surface area contributed by atoms with E-state index < -0.39 is 6.04 Å². The largest absolute Gasteiger partial charge is 0.346 e. The molecule has 136 valence electrons. The van der Waals surface area contributed by atoms with E-state index in [0.717, 1.165) is 50.8 Å². The Morgan fingerprint density at radius 1 is 1.04 bits per heavy atom. The number of H-pyrrole nitrogens is 1. The van der Waals surface area contributed by atoms with Gasteiger partial charge in [-0.15, -0.1) is 0 Å². The van der Waals surface area contributed by atoms with E-state index in [4.69, 9.17) is 0 Å². The molecule has 6 heteroatoms. The molecule has 1 aliphatic heterocycles. The standard InChI is InChI=1S/C22H17N5O/c28-13-21-16-4-3-15(19-12-25-22-17(19)2-1-7-24-22)11-18(16)20(26-27-21)10-14-5-8-23-9-6-14/h1-9,11-13,21,27H,10H2,(H,24,25). The van der Waals surface area contributed by atoms with Crippen LogP contribution in [0.3, 0.4) is 0 Å². The number of carbonyl (C=O) groups is 1. The van der Waals surface area contributed by atoms with Gasteiger partial charge in [-0.1, -0.05) is 12.1 Å². The molecule has 28 heavy (non-hydrogen) atoms. The molecule has 1 atom stereocenters. The number of carbonyl (C=O) groups excluding carboxylic acids is 1. The molecule has 0 radical (unpaired) electrons. The first-order valence-electron chi connectivity index (χ1n) is 9.06. The summed E-state index contributed by atoms with van der Waals surface area (Å²) in [6.45, 7) is 0.